The van der Waals surface area contributed by atoms with Crippen molar-refractivity contribution in [3.8, 4) is 11.5 Å². The molecule has 2 bridgehead atoms. The van der Waals surface area contributed by atoms with Crippen molar-refractivity contribution in [2.75, 3.05) is 13.3 Å². The van der Waals surface area contributed by atoms with Gasteiger partial charge in [0.25, 0.3) is 0 Å². The Morgan fingerprint density at radius 3 is 2.86 bits per heavy atom. The molecule has 1 aromatic rings. The summed E-state index contributed by atoms with van der Waals surface area (Å²) in [5.74, 6) is 1.47. The number of ether oxygens (including phenoxy) is 2. The summed E-state index contributed by atoms with van der Waals surface area (Å²) in [7, 11) is 0. The van der Waals surface area contributed by atoms with Crippen LogP contribution in [0.25, 0.3) is 0 Å². The lowest BCUT2D eigenvalue weighted by Crippen LogP contribution is -2.51. The molecule has 5 rings (SSSR count). The second kappa shape index (κ2) is 3.80. The van der Waals surface area contributed by atoms with Gasteiger partial charge in [0.2, 0.25) is 6.79 Å². The molecule has 1 aromatic carbocycles. The van der Waals surface area contributed by atoms with Crippen LogP contribution < -0.4 is 9.47 Å². The van der Waals surface area contributed by atoms with Gasteiger partial charge in [-0.25, -0.2) is 0 Å². The van der Waals surface area contributed by atoms with Crippen LogP contribution in [0.5, 0.6) is 11.5 Å². The number of aliphatic hydroxyl groups is 2. The lowest BCUT2D eigenvalue weighted by atomic mass is 9.66. The summed E-state index contributed by atoms with van der Waals surface area (Å²) in [4.78, 5) is 2.11. The van der Waals surface area contributed by atoms with Crippen LogP contribution in [0.15, 0.2) is 24.3 Å². The Kier molecular flexibility index (Phi) is 2.17. The molecule has 21 heavy (non-hydrogen) atoms. The first-order valence-electron chi connectivity index (χ1n) is 7.44. The van der Waals surface area contributed by atoms with E-state index in [0.29, 0.717) is 12.2 Å². The standard InChI is InChI=1S/C16H17NO4/c18-9-1-2-16-3-4-17(14(16)5-9)15(19)10-6-12-13(7-11(10)16)21-8-20-12/h1-2,6-7,9,14-15,18-19H,3-5,8H2/t9-,14?,15+,16+/m0/s1. The first kappa shape index (κ1) is 12.0. The van der Waals surface area contributed by atoms with Gasteiger partial charge in [-0.3, -0.25) is 4.90 Å². The maximum Gasteiger partial charge on any atom is 0.231 e. The SMILES string of the molecule is O[C@@H]1c2cc3c(cc2[C@]24C=C[C@H](O)CC2N1CC4)OCO3. The number of hydrogen-bond donors (Lipinski definition) is 2. The maximum absolute atomic E-state index is 10.7. The molecule has 1 fully saturated rings. The Morgan fingerprint density at radius 1 is 1.19 bits per heavy atom. The number of benzene rings is 1. The Bertz CT molecular complexity index is 658. The predicted molar refractivity (Wildman–Crippen MR) is 74.1 cm³/mol. The van der Waals surface area contributed by atoms with Gasteiger partial charge in [0, 0.05) is 23.6 Å². The van der Waals surface area contributed by atoms with Crippen LogP contribution in [-0.2, 0) is 5.41 Å². The molecule has 0 radical (unpaired) electrons. The summed E-state index contributed by atoms with van der Waals surface area (Å²) in [6, 6.07) is 4.09. The highest BCUT2D eigenvalue weighted by Crippen LogP contribution is 2.56. The van der Waals surface area contributed by atoms with Crippen molar-refractivity contribution < 1.29 is 19.7 Å². The van der Waals surface area contributed by atoms with Gasteiger partial charge in [0.05, 0.1) is 6.10 Å². The van der Waals surface area contributed by atoms with Crippen molar-refractivity contribution in [3.63, 3.8) is 0 Å². The van der Waals surface area contributed by atoms with E-state index in [-0.39, 0.29) is 18.2 Å². The molecule has 5 heteroatoms. The van der Waals surface area contributed by atoms with Crippen LogP contribution in [0.2, 0.25) is 0 Å². The van der Waals surface area contributed by atoms with Gasteiger partial charge in [0.1, 0.15) is 6.23 Å². The second-order valence-corrected chi connectivity index (χ2v) is 6.37. The maximum atomic E-state index is 10.7. The highest BCUT2D eigenvalue weighted by Gasteiger charge is 2.56. The topological polar surface area (TPSA) is 62.2 Å². The van der Waals surface area contributed by atoms with Crippen molar-refractivity contribution in [1.29, 1.82) is 0 Å². The fourth-order valence-corrected chi connectivity index (χ4v) is 4.51. The van der Waals surface area contributed by atoms with E-state index in [4.69, 9.17) is 9.47 Å². The molecular formula is C16H17NO4. The summed E-state index contributed by atoms with van der Waals surface area (Å²) in [6.45, 7) is 1.08. The van der Waals surface area contributed by atoms with Gasteiger partial charge >= 0.3 is 0 Å². The molecule has 2 unspecified atom stereocenters. The molecule has 3 heterocycles. The quantitative estimate of drug-likeness (QED) is 0.699. The minimum Gasteiger partial charge on any atom is -0.454 e. The average molecular weight is 287 g/mol. The molecule has 1 saturated heterocycles. The van der Waals surface area contributed by atoms with E-state index in [2.05, 4.69) is 11.0 Å². The van der Waals surface area contributed by atoms with Crippen molar-refractivity contribution in [3.05, 3.63) is 35.4 Å². The third-order valence-electron chi connectivity index (χ3n) is 5.50. The summed E-state index contributed by atoms with van der Waals surface area (Å²) in [6.07, 6.45) is 4.61. The van der Waals surface area contributed by atoms with Crippen LogP contribution in [0.4, 0.5) is 0 Å². The Balaban J connectivity index is 1.77. The lowest BCUT2D eigenvalue weighted by molar-refractivity contribution is -0.0364. The fourth-order valence-electron chi connectivity index (χ4n) is 4.51. The molecule has 5 nitrogen and oxygen atoms in total. The zero-order valence-corrected chi connectivity index (χ0v) is 11.5. The van der Waals surface area contributed by atoms with E-state index >= 15 is 0 Å². The van der Waals surface area contributed by atoms with Crippen molar-refractivity contribution in [2.45, 2.75) is 36.6 Å². The molecule has 1 aliphatic carbocycles. The second-order valence-electron chi connectivity index (χ2n) is 6.37. The van der Waals surface area contributed by atoms with Gasteiger partial charge in [-0.1, -0.05) is 12.2 Å². The van der Waals surface area contributed by atoms with E-state index in [9.17, 15) is 10.2 Å². The Labute approximate surface area is 122 Å². The zero-order chi connectivity index (χ0) is 14.2. The third-order valence-corrected chi connectivity index (χ3v) is 5.50. The highest BCUT2D eigenvalue weighted by molar-refractivity contribution is 5.56. The van der Waals surface area contributed by atoms with Crippen LogP contribution in [0.3, 0.4) is 0 Å². The van der Waals surface area contributed by atoms with Crippen LogP contribution >= 0.6 is 0 Å². The summed E-state index contributed by atoms with van der Waals surface area (Å²) < 4.78 is 11.0. The van der Waals surface area contributed by atoms with Crippen LogP contribution in [0, 0.1) is 0 Å². The number of nitrogens with zero attached hydrogens (tertiary/aromatic N) is 1. The Hall–Kier alpha value is -1.56. The van der Waals surface area contributed by atoms with Gasteiger partial charge in [-0.05, 0) is 30.5 Å². The number of fused-ring (bicyclic) bond motifs is 2. The van der Waals surface area contributed by atoms with Gasteiger partial charge in [-0.2, -0.15) is 0 Å². The van der Waals surface area contributed by atoms with Gasteiger partial charge in [0.15, 0.2) is 11.5 Å². The van der Waals surface area contributed by atoms with Gasteiger partial charge in [-0.15, -0.1) is 0 Å². The third kappa shape index (κ3) is 1.36. The van der Waals surface area contributed by atoms with Gasteiger partial charge < -0.3 is 19.7 Å². The normalized spacial score (nSPS) is 41.8. The molecule has 0 aromatic heterocycles. The predicted octanol–water partition coefficient (Wildman–Crippen LogP) is 1.05. The molecule has 2 N–H and O–H groups in total. The zero-order valence-electron chi connectivity index (χ0n) is 11.5. The minimum absolute atomic E-state index is 0.116. The molecule has 0 spiro atoms. The first-order valence-corrected chi connectivity index (χ1v) is 7.44. The first-order chi connectivity index (χ1) is 10.2. The average Bonchev–Trinajstić information content (AvgIpc) is 3.06. The highest BCUT2D eigenvalue weighted by atomic mass is 16.7. The molecule has 0 saturated carbocycles. The minimum atomic E-state index is -0.631. The van der Waals surface area contributed by atoms with E-state index in [0.717, 1.165) is 29.8 Å². The van der Waals surface area contributed by atoms with Crippen molar-refractivity contribution in [2.24, 2.45) is 0 Å². The monoisotopic (exact) mass is 287 g/mol. The molecule has 0 amide bonds. The largest absolute Gasteiger partial charge is 0.454 e. The summed E-state index contributed by atoms with van der Waals surface area (Å²) in [5, 5.41) is 20.7. The van der Waals surface area contributed by atoms with E-state index < -0.39 is 12.3 Å². The van der Waals surface area contributed by atoms with Crippen molar-refractivity contribution in [1.82, 2.24) is 4.90 Å². The number of hydrogen-bond acceptors (Lipinski definition) is 5. The fraction of sp³-hybridized carbons (Fsp3) is 0.500. The van der Waals surface area contributed by atoms with E-state index in [1.807, 2.05) is 18.2 Å². The van der Waals surface area contributed by atoms with E-state index in [1.165, 1.54) is 0 Å². The number of aliphatic hydroxyl groups excluding tert-OH is 2. The molecular weight excluding hydrogens is 270 g/mol. The summed E-state index contributed by atoms with van der Waals surface area (Å²) >= 11 is 0. The Morgan fingerprint density at radius 2 is 2.00 bits per heavy atom. The molecule has 4 aliphatic rings. The smallest absolute Gasteiger partial charge is 0.231 e. The van der Waals surface area contributed by atoms with Crippen molar-refractivity contribution >= 4 is 0 Å². The molecule has 5 atom stereocenters. The van der Waals surface area contributed by atoms with E-state index in [1.54, 1.807) is 0 Å². The molecule has 3 aliphatic heterocycles. The number of rotatable bonds is 0. The van der Waals surface area contributed by atoms with Crippen LogP contribution in [0.1, 0.15) is 30.2 Å². The molecule has 110 valence electrons. The van der Waals surface area contributed by atoms with Crippen LogP contribution in [-0.4, -0.2) is 40.6 Å². The lowest BCUT2D eigenvalue weighted by Gasteiger charge is -2.47. The summed E-state index contributed by atoms with van der Waals surface area (Å²) in [5.41, 5.74) is 1.92.